The van der Waals surface area contributed by atoms with E-state index in [2.05, 4.69) is 16.0 Å². The van der Waals surface area contributed by atoms with Crippen molar-refractivity contribution in [1.29, 1.82) is 0 Å². The van der Waals surface area contributed by atoms with E-state index in [4.69, 9.17) is 15.2 Å². The van der Waals surface area contributed by atoms with Crippen molar-refractivity contribution in [3.63, 3.8) is 0 Å². The third kappa shape index (κ3) is 6.38. The zero-order chi connectivity index (χ0) is 31.9. The second-order valence-corrected chi connectivity index (χ2v) is 13.4. The van der Waals surface area contributed by atoms with Crippen molar-refractivity contribution in [2.75, 3.05) is 25.1 Å². The van der Waals surface area contributed by atoms with Gasteiger partial charge in [0.05, 0.1) is 5.69 Å². The largest absolute Gasteiger partial charge is 0.478 e. The lowest BCUT2D eigenvalue weighted by molar-refractivity contribution is -0.145. The second-order valence-electron chi connectivity index (χ2n) is 13.4. The smallest absolute Gasteiger partial charge is 0.265 e. The van der Waals surface area contributed by atoms with Gasteiger partial charge in [0.25, 0.3) is 5.91 Å². The standard InChI is InChI=1S/C31H42FN5O7/c1-15(2)25(36-23(38)11-16-7-9-43-10-8-16)30(42)37-14-18-24(31(18,3)4)26(37)29(41)35-20(27(33)39)13-22-28(40)34-19-6-5-17(32)12-21(19)44-22/h5-6,12,15-16,18,20,22,24-26H,7-11,13-14H2,1-4H3,(H2,33,39)(H,34,40)(H,35,41)(H,36,38)/t18-,20-,22-,24-,25-,26-/m0/s1. The van der Waals surface area contributed by atoms with Crippen molar-refractivity contribution in [2.45, 2.75) is 77.6 Å². The molecule has 1 aromatic carbocycles. The third-order valence-corrected chi connectivity index (χ3v) is 9.70. The van der Waals surface area contributed by atoms with Crippen molar-refractivity contribution >= 4 is 35.2 Å². The highest BCUT2D eigenvalue weighted by molar-refractivity contribution is 5.99. The van der Waals surface area contributed by atoms with Crippen LogP contribution in [0.15, 0.2) is 18.2 Å². The molecule has 2 saturated heterocycles. The number of nitrogens with two attached hydrogens (primary N) is 1. The van der Waals surface area contributed by atoms with Crippen LogP contribution in [-0.2, 0) is 28.7 Å². The molecular formula is C31H42FN5O7. The van der Waals surface area contributed by atoms with Crippen molar-refractivity contribution in [3.05, 3.63) is 24.0 Å². The summed E-state index contributed by atoms with van der Waals surface area (Å²) >= 11 is 0. The highest BCUT2D eigenvalue weighted by Crippen LogP contribution is 2.65. The minimum atomic E-state index is -1.30. The van der Waals surface area contributed by atoms with Gasteiger partial charge in [-0.1, -0.05) is 27.7 Å². The van der Waals surface area contributed by atoms with Gasteiger partial charge in [0, 0.05) is 38.7 Å². The zero-order valence-electron chi connectivity index (χ0n) is 25.6. The fourth-order valence-electron chi connectivity index (χ4n) is 6.94. The Kier molecular flexibility index (Phi) is 8.88. The first-order valence-electron chi connectivity index (χ1n) is 15.3. The number of piperidine rings is 1. The van der Waals surface area contributed by atoms with Crippen LogP contribution in [0.3, 0.4) is 0 Å². The van der Waals surface area contributed by atoms with E-state index in [1.165, 1.54) is 17.0 Å². The Morgan fingerprint density at radius 1 is 1.16 bits per heavy atom. The van der Waals surface area contributed by atoms with Crippen LogP contribution < -0.4 is 26.4 Å². The molecule has 1 saturated carbocycles. The van der Waals surface area contributed by atoms with Gasteiger partial charge in [0.2, 0.25) is 23.6 Å². The number of nitrogens with one attached hydrogen (secondary N) is 3. The van der Waals surface area contributed by atoms with Gasteiger partial charge in [-0.25, -0.2) is 4.39 Å². The highest BCUT2D eigenvalue weighted by atomic mass is 19.1. The lowest BCUT2D eigenvalue weighted by Gasteiger charge is -2.35. The molecule has 1 aromatic rings. The number of hydrogen-bond donors (Lipinski definition) is 4. The first kappa shape index (κ1) is 31.7. The van der Waals surface area contributed by atoms with Crippen LogP contribution in [0.1, 0.15) is 53.4 Å². The molecule has 13 heteroatoms. The van der Waals surface area contributed by atoms with Crippen molar-refractivity contribution < 1.29 is 37.8 Å². The maximum Gasteiger partial charge on any atom is 0.265 e. The second kappa shape index (κ2) is 12.3. The molecule has 0 radical (unpaired) electrons. The van der Waals surface area contributed by atoms with Crippen LogP contribution in [0, 0.1) is 34.9 Å². The number of anilines is 1. The summed E-state index contributed by atoms with van der Waals surface area (Å²) < 4.78 is 24.8. The molecule has 44 heavy (non-hydrogen) atoms. The van der Waals surface area contributed by atoms with Crippen LogP contribution in [0.4, 0.5) is 10.1 Å². The molecule has 0 spiro atoms. The Labute approximate surface area is 255 Å². The minimum absolute atomic E-state index is 0.0684. The molecule has 4 aliphatic rings. The number of likely N-dealkylation sites (tertiary alicyclic amines) is 1. The lowest BCUT2D eigenvalue weighted by atomic mass is 9.94. The molecule has 5 N–H and O–H groups in total. The highest BCUT2D eigenvalue weighted by Gasteiger charge is 2.69. The number of rotatable bonds is 10. The summed E-state index contributed by atoms with van der Waals surface area (Å²) in [6.45, 7) is 9.31. The van der Waals surface area contributed by atoms with Crippen LogP contribution >= 0.6 is 0 Å². The number of carbonyl (C=O) groups is 5. The van der Waals surface area contributed by atoms with Gasteiger partial charge in [0.1, 0.15) is 29.7 Å². The van der Waals surface area contributed by atoms with Crippen molar-refractivity contribution in [2.24, 2.45) is 34.8 Å². The normalized spacial score (nSPS) is 26.9. The summed E-state index contributed by atoms with van der Waals surface area (Å²) in [5.74, 6) is -3.19. The molecule has 5 rings (SSSR count). The van der Waals surface area contributed by atoms with Gasteiger partial charge in [-0.2, -0.15) is 0 Å². The van der Waals surface area contributed by atoms with E-state index >= 15 is 0 Å². The molecule has 0 bridgehead atoms. The quantitative estimate of drug-likeness (QED) is 0.308. The fraction of sp³-hybridized carbons (Fsp3) is 0.645. The van der Waals surface area contributed by atoms with E-state index in [0.29, 0.717) is 26.2 Å². The maximum atomic E-state index is 13.9. The molecule has 0 unspecified atom stereocenters. The summed E-state index contributed by atoms with van der Waals surface area (Å²) in [5.41, 5.74) is 5.72. The van der Waals surface area contributed by atoms with Crippen LogP contribution in [0.5, 0.6) is 5.75 Å². The van der Waals surface area contributed by atoms with Crippen molar-refractivity contribution in [3.8, 4) is 5.75 Å². The van der Waals surface area contributed by atoms with E-state index in [1.807, 2.05) is 27.7 Å². The Bertz CT molecular complexity index is 1330. The Hall–Kier alpha value is -3.74. The van der Waals surface area contributed by atoms with Crippen LogP contribution in [0.2, 0.25) is 0 Å². The number of ether oxygens (including phenoxy) is 2. The van der Waals surface area contributed by atoms with E-state index < -0.39 is 47.8 Å². The molecule has 3 heterocycles. The molecule has 0 aromatic heterocycles. The molecular weight excluding hydrogens is 573 g/mol. The first-order chi connectivity index (χ1) is 20.8. The lowest BCUT2D eigenvalue weighted by Crippen LogP contribution is -2.59. The van der Waals surface area contributed by atoms with Crippen LogP contribution in [0.25, 0.3) is 0 Å². The van der Waals surface area contributed by atoms with Crippen LogP contribution in [-0.4, -0.2) is 78.4 Å². The van der Waals surface area contributed by atoms with E-state index in [-0.39, 0.29) is 58.8 Å². The molecule has 3 fully saturated rings. The predicted octanol–water partition coefficient (Wildman–Crippen LogP) is 1.33. The molecule has 6 atom stereocenters. The number of nitrogens with zero attached hydrogens (tertiary/aromatic N) is 1. The topological polar surface area (TPSA) is 169 Å². The van der Waals surface area contributed by atoms with Gasteiger partial charge in [0.15, 0.2) is 6.10 Å². The van der Waals surface area contributed by atoms with Gasteiger partial charge in [-0.05, 0) is 54.1 Å². The number of primary amides is 1. The molecule has 12 nitrogen and oxygen atoms in total. The van der Waals surface area contributed by atoms with Gasteiger partial charge < -0.3 is 36.1 Å². The molecule has 3 aliphatic heterocycles. The van der Waals surface area contributed by atoms with E-state index in [9.17, 15) is 28.4 Å². The summed E-state index contributed by atoms with van der Waals surface area (Å²) in [6.07, 6.45) is 0.371. The van der Waals surface area contributed by atoms with Gasteiger partial charge in [-0.3, -0.25) is 24.0 Å². The number of amides is 5. The van der Waals surface area contributed by atoms with Crippen molar-refractivity contribution in [1.82, 2.24) is 15.5 Å². The monoisotopic (exact) mass is 615 g/mol. The Morgan fingerprint density at radius 3 is 2.52 bits per heavy atom. The number of hydrogen-bond acceptors (Lipinski definition) is 7. The molecule has 1 aliphatic carbocycles. The van der Waals surface area contributed by atoms with E-state index in [0.717, 1.165) is 18.9 Å². The molecule has 5 amide bonds. The maximum absolute atomic E-state index is 13.9. The van der Waals surface area contributed by atoms with Gasteiger partial charge in [-0.15, -0.1) is 0 Å². The number of carbonyl (C=O) groups excluding carboxylic acids is 5. The summed E-state index contributed by atoms with van der Waals surface area (Å²) in [5, 5.41) is 8.19. The number of fused-ring (bicyclic) bond motifs is 2. The first-order valence-corrected chi connectivity index (χ1v) is 15.3. The Morgan fingerprint density at radius 2 is 1.86 bits per heavy atom. The Balaban J connectivity index is 1.28. The molecule has 240 valence electrons. The number of benzene rings is 1. The predicted molar refractivity (Wildman–Crippen MR) is 156 cm³/mol. The minimum Gasteiger partial charge on any atom is -0.478 e. The number of halogens is 1. The summed E-state index contributed by atoms with van der Waals surface area (Å²) in [6, 6.07) is 0.636. The zero-order valence-corrected chi connectivity index (χ0v) is 25.6. The fourth-order valence-corrected chi connectivity index (χ4v) is 6.94. The third-order valence-electron chi connectivity index (χ3n) is 9.70. The average Bonchev–Trinajstić information content (AvgIpc) is 3.27. The SMILES string of the molecule is CC(C)[C@H](NC(=O)CC1CCOCC1)C(=O)N1C[C@H]2[C@@H]([C@H]1C(=O)N[C@@H](C[C@@H]1Oc3cc(F)ccc3NC1=O)C(N)=O)C2(C)C. The summed E-state index contributed by atoms with van der Waals surface area (Å²) in [4.78, 5) is 67.4. The summed E-state index contributed by atoms with van der Waals surface area (Å²) in [7, 11) is 0. The average molecular weight is 616 g/mol. The van der Waals surface area contributed by atoms with E-state index in [1.54, 1.807) is 0 Å². The van der Waals surface area contributed by atoms with Gasteiger partial charge >= 0.3 is 0 Å².